The summed E-state index contributed by atoms with van der Waals surface area (Å²) in [5.74, 6) is 0. The first-order valence-electron chi connectivity index (χ1n) is 5.99. The molecule has 0 unspecified atom stereocenters. The van der Waals surface area contributed by atoms with Crippen LogP contribution in [-0.4, -0.2) is 37.8 Å². The van der Waals surface area contributed by atoms with Crippen LogP contribution in [0.25, 0.3) is 0 Å². The van der Waals surface area contributed by atoms with Gasteiger partial charge in [-0.3, -0.25) is 4.90 Å². The number of nitrogens with zero attached hydrogens (tertiary/aromatic N) is 1. The van der Waals surface area contributed by atoms with E-state index in [1.54, 1.807) is 0 Å². The van der Waals surface area contributed by atoms with E-state index in [0.717, 1.165) is 42.3 Å². The maximum Gasteiger partial charge on any atom is 0.109 e. The minimum absolute atomic E-state index is 0.131. The summed E-state index contributed by atoms with van der Waals surface area (Å²) in [4.78, 5) is 2.19. The molecule has 0 aromatic heterocycles. The minimum Gasteiger partial charge on any atom is -0.314 e. The molecule has 0 aliphatic carbocycles. The molecule has 1 heterocycles. The van der Waals surface area contributed by atoms with Crippen LogP contribution in [0.5, 0.6) is 0 Å². The summed E-state index contributed by atoms with van der Waals surface area (Å²) >= 11 is 6.00. The number of hydrogen-bond donors (Lipinski definition) is 1. The van der Waals surface area contributed by atoms with Crippen LogP contribution >= 0.6 is 11.6 Å². The molecule has 0 bridgehead atoms. The lowest BCUT2D eigenvalue weighted by atomic mass is 10.0. The number of piperazine rings is 1. The van der Waals surface area contributed by atoms with Crippen molar-refractivity contribution in [1.29, 1.82) is 0 Å². The molecule has 2 nitrogen and oxygen atoms in total. The highest BCUT2D eigenvalue weighted by Gasteiger charge is 2.22. The predicted octanol–water partition coefficient (Wildman–Crippen LogP) is 2.56. The molecule has 1 N–H and O–H groups in total. The number of benzene rings is 1. The number of hydrogen-bond acceptors (Lipinski definition) is 2. The van der Waals surface area contributed by atoms with Crippen molar-refractivity contribution in [2.45, 2.75) is 13.0 Å². The Morgan fingerprint density at radius 3 is 2.71 bits per heavy atom. The summed E-state index contributed by atoms with van der Waals surface area (Å²) in [7, 11) is 0. The van der Waals surface area contributed by atoms with Crippen molar-refractivity contribution < 1.29 is 4.39 Å². The van der Waals surface area contributed by atoms with Crippen LogP contribution in [0.4, 0.5) is 4.39 Å². The van der Waals surface area contributed by atoms with Gasteiger partial charge >= 0.3 is 0 Å². The molecule has 1 aromatic rings. The second-order valence-electron chi connectivity index (χ2n) is 4.46. The van der Waals surface area contributed by atoms with Crippen molar-refractivity contribution in [3.63, 3.8) is 0 Å². The van der Waals surface area contributed by atoms with Gasteiger partial charge in [0.15, 0.2) is 0 Å². The third-order valence-corrected chi connectivity index (χ3v) is 3.73. The Morgan fingerprint density at radius 1 is 1.41 bits per heavy atom. The molecule has 0 spiro atoms. The van der Waals surface area contributed by atoms with Crippen LogP contribution in [0.3, 0.4) is 0 Å². The fraction of sp³-hybridized carbons (Fsp3) is 0.538. The zero-order valence-electron chi connectivity index (χ0n) is 10.0. The molecule has 4 heteroatoms. The van der Waals surface area contributed by atoms with Gasteiger partial charge in [0.2, 0.25) is 0 Å². The Morgan fingerprint density at radius 2 is 2.12 bits per heavy atom. The van der Waals surface area contributed by atoms with Gasteiger partial charge in [-0.15, -0.1) is 0 Å². The van der Waals surface area contributed by atoms with E-state index in [2.05, 4.69) is 10.2 Å². The molecule has 0 radical (unpaired) electrons. The molecule has 0 amide bonds. The first-order valence-corrected chi connectivity index (χ1v) is 6.37. The molecule has 0 saturated carbocycles. The molecule has 1 aromatic carbocycles. The van der Waals surface area contributed by atoms with Gasteiger partial charge in [0, 0.05) is 31.2 Å². The average Bonchev–Trinajstić information content (AvgIpc) is 2.36. The summed E-state index contributed by atoms with van der Waals surface area (Å²) in [5, 5.41) is 4.02. The van der Waals surface area contributed by atoms with E-state index in [1.165, 1.54) is 0 Å². The van der Waals surface area contributed by atoms with Gasteiger partial charge in [-0.05, 0) is 24.1 Å². The van der Waals surface area contributed by atoms with Crippen molar-refractivity contribution in [2.24, 2.45) is 0 Å². The summed E-state index contributed by atoms with van der Waals surface area (Å²) in [6.45, 7) is 5.28. The van der Waals surface area contributed by atoms with E-state index in [1.807, 2.05) is 25.1 Å². The number of halogens is 2. The highest BCUT2D eigenvalue weighted by molar-refractivity contribution is 6.31. The Balaban J connectivity index is 2.18. The Labute approximate surface area is 107 Å². The van der Waals surface area contributed by atoms with Gasteiger partial charge < -0.3 is 5.32 Å². The quantitative estimate of drug-likeness (QED) is 0.894. The third kappa shape index (κ3) is 2.97. The van der Waals surface area contributed by atoms with Crippen molar-refractivity contribution in [3.8, 4) is 0 Å². The summed E-state index contributed by atoms with van der Waals surface area (Å²) in [6, 6.07) is 5.65. The van der Waals surface area contributed by atoms with Crippen LogP contribution in [0.15, 0.2) is 18.2 Å². The maximum atomic E-state index is 13.3. The zero-order valence-corrected chi connectivity index (χ0v) is 10.8. The molecule has 1 aliphatic heterocycles. The lowest BCUT2D eigenvalue weighted by Crippen LogP contribution is -2.45. The van der Waals surface area contributed by atoms with E-state index in [4.69, 9.17) is 11.6 Å². The van der Waals surface area contributed by atoms with E-state index in [0.29, 0.717) is 0 Å². The van der Waals surface area contributed by atoms with Crippen molar-refractivity contribution in [3.05, 3.63) is 34.3 Å². The SMILES string of the molecule is Cc1cc([C@H](CF)N2CCNCC2)ccc1Cl. The lowest BCUT2D eigenvalue weighted by molar-refractivity contribution is 0.147. The van der Waals surface area contributed by atoms with Gasteiger partial charge in [-0.2, -0.15) is 0 Å². The molecule has 1 saturated heterocycles. The monoisotopic (exact) mass is 256 g/mol. The first kappa shape index (κ1) is 12.8. The Hall–Kier alpha value is -0.640. The highest BCUT2D eigenvalue weighted by atomic mass is 35.5. The van der Waals surface area contributed by atoms with Crippen LogP contribution in [0.1, 0.15) is 17.2 Å². The van der Waals surface area contributed by atoms with Gasteiger partial charge in [0.05, 0.1) is 6.04 Å². The number of aryl methyl sites for hydroxylation is 1. The molecule has 17 heavy (non-hydrogen) atoms. The zero-order chi connectivity index (χ0) is 12.3. The van der Waals surface area contributed by atoms with E-state index >= 15 is 0 Å². The summed E-state index contributed by atoms with van der Waals surface area (Å²) < 4.78 is 13.3. The first-order chi connectivity index (χ1) is 8.22. The molecule has 94 valence electrons. The van der Waals surface area contributed by atoms with Gasteiger partial charge in [0.25, 0.3) is 0 Å². The standard InChI is InChI=1S/C13H18ClFN2/c1-10-8-11(2-3-12(10)14)13(9-15)17-6-4-16-5-7-17/h2-3,8,13,16H,4-7,9H2,1H3/t13-/m0/s1. The normalized spacial score (nSPS) is 19.2. The highest BCUT2D eigenvalue weighted by Crippen LogP contribution is 2.25. The van der Waals surface area contributed by atoms with Crippen molar-refractivity contribution in [1.82, 2.24) is 10.2 Å². The molecular formula is C13H18ClFN2. The molecular weight excluding hydrogens is 239 g/mol. The number of rotatable bonds is 3. The van der Waals surface area contributed by atoms with Crippen molar-refractivity contribution >= 4 is 11.6 Å². The van der Waals surface area contributed by atoms with Gasteiger partial charge in [-0.25, -0.2) is 4.39 Å². The third-order valence-electron chi connectivity index (χ3n) is 3.31. The Bertz CT molecular complexity index is 378. The number of alkyl halides is 1. The van der Waals surface area contributed by atoms with Crippen LogP contribution in [-0.2, 0) is 0 Å². The molecule has 2 rings (SSSR count). The van der Waals surface area contributed by atoms with Crippen molar-refractivity contribution in [2.75, 3.05) is 32.9 Å². The summed E-state index contributed by atoms with van der Waals surface area (Å²) in [5.41, 5.74) is 2.04. The molecule has 1 atom stereocenters. The number of nitrogens with one attached hydrogen (secondary N) is 1. The maximum absolute atomic E-state index is 13.3. The van der Waals surface area contributed by atoms with Crippen LogP contribution in [0, 0.1) is 6.92 Å². The van der Waals surface area contributed by atoms with Gasteiger partial charge in [-0.1, -0.05) is 23.7 Å². The van der Waals surface area contributed by atoms with Crippen LogP contribution in [0.2, 0.25) is 5.02 Å². The fourth-order valence-corrected chi connectivity index (χ4v) is 2.38. The second kappa shape index (κ2) is 5.80. The smallest absolute Gasteiger partial charge is 0.109 e. The fourth-order valence-electron chi connectivity index (χ4n) is 2.27. The predicted molar refractivity (Wildman–Crippen MR) is 69.3 cm³/mol. The largest absolute Gasteiger partial charge is 0.314 e. The van der Waals surface area contributed by atoms with E-state index < -0.39 is 0 Å². The summed E-state index contributed by atoms with van der Waals surface area (Å²) in [6.07, 6.45) is 0. The van der Waals surface area contributed by atoms with E-state index in [-0.39, 0.29) is 12.7 Å². The topological polar surface area (TPSA) is 15.3 Å². The molecule has 1 aliphatic rings. The van der Waals surface area contributed by atoms with Gasteiger partial charge in [0.1, 0.15) is 6.67 Å². The lowest BCUT2D eigenvalue weighted by Gasteiger charge is -2.33. The minimum atomic E-state index is -0.346. The van der Waals surface area contributed by atoms with E-state index in [9.17, 15) is 4.39 Å². The second-order valence-corrected chi connectivity index (χ2v) is 4.87. The molecule has 1 fully saturated rings. The van der Waals surface area contributed by atoms with Crippen LogP contribution < -0.4 is 5.32 Å². The Kier molecular flexibility index (Phi) is 4.37. The average molecular weight is 257 g/mol.